The fourth-order valence-corrected chi connectivity index (χ4v) is 3.18. The molecule has 0 fully saturated rings. The van der Waals surface area contributed by atoms with Crippen molar-refractivity contribution in [1.82, 2.24) is 0 Å². The van der Waals surface area contributed by atoms with Gasteiger partial charge in [0.1, 0.15) is 0 Å². The Hall–Kier alpha value is -1.80. The molecule has 1 heterocycles. The summed E-state index contributed by atoms with van der Waals surface area (Å²) >= 11 is 0. The van der Waals surface area contributed by atoms with Gasteiger partial charge in [-0.1, -0.05) is 49.4 Å². The second-order valence-electron chi connectivity index (χ2n) is 5.78. The molecule has 0 saturated carbocycles. The molecule has 3 rings (SSSR count). The van der Waals surface area contributed by atoms with E-state index < -0.39 is 0 Å². The fraction of sp³-hybridized carbons (Fsp3) is 0.368. The number of aliphatic hydroxyl groups is 1. The third kappa shape index (κ3) is 2.96. The Balaban J connectivity index is 1.94. The highest BCUT2D eigenvalue weighted by atomic mass is 16.3. The van der Waals surface area contributed by atoms with Crippen LogP contribution in [-0.2, 0) is 13.0 Å². The van der Waals surface area contributed by atoms with Crippen LogP contribution in [0.4, 0.5) is 5.69 Å². The second-order valence-corrected chi connectivity index (χ2v) is 5.78. The molecule has 110 valence electrons. The Morgan fingerprint density at radius 1 is 1.05 bits per heavy atom. The molecular formula is C19H23NO. The summed E-state index contributed by atoms with van der Waals surface area (Å²) < 4.78 is 0. The van der Waals surface area contributed by atoms with Gasteiger partial charge < -0.3 is 10.0 Å². The van der Waals surface area contributed by atoms with Gasteiger partial charge in [-0.2, -0.15) is 0 Å². The normalized spacial score (nSPS) is 16.2. The lowest BCUT2D eigenvalue weighted by Crippen LogP contribution is -2.24. The summed E-state index contributed by atoms with van der Waals surface area (Å²) in [4.78, 5) is 2.42. The van der Waals surface area contributed by atoms with E-state index in [1.54, 1.807) is 0 Å². The third-order valence-corrected chi connectivity index (χ3v) is 4.38. The molecule has 1 aliphatic heterocycles. The molecule has 1 aliphatic rings. The molecule has 0 aromatic heterocycles. The van der Waals surface area contributed by atoms with Crippen LogP contribution in [0.3, 0.4) is 0 Å². The summed E-state index contributed by atoms with van der Waals surface area (Å²) in [6.45, 7) is 4.00. The van der Waals surface area contributed by atoms with Crippen LogP contribution in [0.15, 0.2) is 48.5 Å². The fourth-order valence-electron chi connectivity index (χ4n) is 3.18. The average molecular weight is 281 g/mol. The third-order valence-electron chi connectivity index (χ3n) is 4.38. The van der Waals surface area contributed by atoms with Crippen molar-refractivity contribution < 1.29 is 5.11 Å². The predicted molar refractivity (Wildman–Crippen MR) is 87.5 cm³/mol. The highest BCUT2D eigenvalue weighted by Gasteiger charge is 2.18. The molecule has 1 N–H and O–H groups in total. The lowest BCUT2D eigenvalue weighted by molar-refractivity contribution is 0.174. The van der Waals surface area contributed by atoms with Crippen molar-refractivity contribution in [3.05, 3.63) is 65.2 Å². The molecule has 2 aromatic rings. The largest absolute Gasteiger partial charge is 0.388 e. The summed E-state index contributed by atoms with van der Waals surface area (Å²) in [6.07, 6.45) is 2.68. The maximum Gasteiger partial charge on any atom is 0.0807 e. The first-order valence-electron chi connectivity index (χ1n) is 7.88. The van der Waals surface area contributed by atoms with Crippen molar-refractivity contribution in [3.8, 4) is 0 Å². The average Bonchev–Trinajstić information content (AvgIpc) is 2.76. The molecule has 1 atom stereocenters. The van der Waals surface area contributed by atoms with E-state index in [0.717, 1.165) is 37.9 Å². The zero-order chi connectivity index (χ0) is 14.7. The summed E-state index contributed by atoms with van der Waals surface area (Å²) in [6, 6.07) is 17.0. The maximum absolute atomic E-state index is 10.3. The van der Waals surface area contributed by atoms with Crippen LogP contribution < -0.4 is 4.90 Å². The molecular weight excluding hydrogens is 258 g/mol. The Morgan fingerprint density at radius 3 is 2.57 bits per heavy atom. The first kappa shape index (κ1) is 14.2. The van der Waals surface area contributed by atoms with Gasteiger partial charge >= 0.3 is 0 Å². The molecule has 2 aromatic carbocycles. The number of aliphatic hydroxyl groups excluding tert-OH is 1. The van der Waals surface area contributed by atoms with E-state index in [9.17, 15) is 5.11 Å². The molecule has 0 saturated heterocycles. The van der Waals surface area contributed by atoms with E-state index in [1.807, 2.05) is 13.0 Å². The van der Waals surface area contributed by atoms with Gasteiger partial charge in [0.15, 0.2) is 0 Å². The van der Waals surface area contributed by atoms with Crippen molar-refractivity contribution in [2.45, 2.75) is 38.8 Å². The number of anilines is 1. The highest BCUT2D eigenvalue weighted by molar-refractivity contribution is 5.55. The van der Waals surface area contributed by atoms with Crippen LogP contribution in [0.5, 0.6) is 0 Å². The minimum absolute atomic E-state index is 0.375. The second kappa shape index (κ2) is 6.31. The van der Waals surface area contributed by atoms with Gasteiger partial charge in [-0.15, -0.1) is 0 Å². The van der Waals surface area contributed by atoms with Gasteiger partial charge in [-0.25, -0.2) is 0 Å². The van der Waals surface area contributed by atoms with Crippen LogP contribution in [0, 0.1) is 0 Å². The summed E-state index contributed by atoms with van der Waals surface area (Å²) in [5, 5.41) is 10.3. The minimum Gasteiger partial charge on any atom is -0.388 e. The van der Waals surface area contributed by atoms with E-state index >= 15 is 0 Å². The van der Waals surface area contributed by atoms with E-state index in [0.29, 0.717) is 0 Å². The number of fused-ring (bicyclic) bond motifs is 1. The van der Waals surface area contributed by atoms with Gasteiger partial charge in [-0.3, -0.25) is 0 Å². The molecule has 21 heavy (non-hydrogen) atoms. The van der Waals surface area contributed by atoms with Crippen LogP contribution in [0.25, 0.3) is 0 Å². The Labute approximate surface area is 127 Å². The van der Waals surface area contributed by atoms with Crippen LogP contribution >= 0.6 is 0 Å². The summed E-state index contributed by atoms with van der Waals surface area (Å²) in [7, 11) is 0. The summed E-state index contributed by atoms with van der Waals surface area (Å²) in [5.41, 5.74) is 5.12. The van der Waals surface area contributed by atoms with Crippen LogP contribution in [-0.4, -0.2) is 11.7 Å². The smallest absolute Gasteiger partial charge is 0.0807 e. The van der Waals surface area contributed by atoms with Gasteiger partial charge in [-0.05, 0) is 36.5 Å². The Bertz CT molecular complexity index is 608. The van der Waals surface area contributed by atoms with Crippen molar-refractivity contribution in [2.24, 2.45) is 0 Å². The van der Waals surface area contributed by atoms with Gasteiger partial charge in [0.25, 0.3) is 0 Å². The topological polar surface area (TPSA) is 23.5 Å². The van der Waals surface area contributed by atoms with Crippen LogP contribution in [0.1, 0.15) is 42.6 Å². The standard InChI is InChI=1S/C19H23NO/c1-2-19(21)17-11-5-6-12-18(17)20-13-7-10-15-8-3-4-9-16(15)14-20/h3-6,8-9,11-12,19,21H,2,7,10,13-14H2,1H3. The Kier molecular flexibility index (Phi) is 4.26. The molecule has 1 unspecified atom stereocenters. The first-order chi connectivity index (χ1) is 10.3. The zero-order valence-electron chi connectivity index (χ0n) is 12.6. The number of benzene rings is 2. The van der Waals surface area contributed by atoms with Crippen molar-refractivity contribution >= 4 is 5.69 Å². The number of hydrogen-bond donors (Lipinski definition) is 1. The lowest BCUT2D eigenvalue weighted by atomic mass is 10.0. The quantitative estimate of drug-likeness (QED) is 0.916. The molecule has 0 radical (unpaired) electrons. The number of hydrogen-bond acceptors (Lipinski definition) is 2. The van der Waals surface area contributed by atoms with Gasteiger partial charge in [0.05, 0.1) is 6.10 Å². The van der Waals surface area contributed by atoms with Crippen molar-refractivity contribution in [3.63, 3.8) is 0 Å². The monoisotopic (exact) mass is 281 g/mol. The number of aryl methyl sites for hydroxylation is 1. The SMILES string of the molecule is CCC(O)c1ccccc1N1CCCc2ccccc2C1. The zero-order valence-corrected chi connectivity index (χ0v) is 12.6. The maximum atomic E-state index is 10.3. The summed E-state index contributed by atoms with van der Waals surface area (Å²) in [5.74, 6) is 0. The predicted octanol–water partition coefficient (Wildman–Crippen LogP) is 4.08. The number of nitrogens with zero attached hydrogens (tertiary/aromatic N) is 1. The van der Waals surface area contributed by atoms with Crippen LogP contribution in [0.2, 0.25) is 0 Å². The molecule has 0 aliphatic carbocycles. The molecule has 0 amide bonds. The van der Waals surface area contributed by atoms with Gasteiger partial charge in [0, 0.05) is 24.3 Å². The van der Waals surface area contributed by atoms with Crippen molar-refractivity contribution in [2.75, 3.05) is 11.4 Å². The van der Waals surface area contributed by atoms with E-state index in [1.165, 1.54) is 16.8 Å². The molecule has 0 spiro atoms. The van der Waals surface area contributed by atoms with Crippen molar-refractivity contribution in [1.29, 1.82) is 0 Å². The molecule has 2 heteroatoms. The number of para-hydroxylation sites is 1. The highest BCUT2D eigenvalue weighted by Crippen LogP contribution is 2.31. The van der Waals surface area contributed by atoms with E-state index in [4.69, 9.17) is 0 Å². The van der Waals surface area contributed by atoms with Gasteiger partial charge in [0.2, 0.25) is 0 Å². The van der Waals surface area contributed by atoms with E-state index in [2.05, 4.69) is 47.4 Å². The first-order valence-corrected chi connectivity index (χ1v) is 7.88. The molecule has 2 nitrogen and oxygen atoms in total. The van der Waals surface area contributed by atoms with E-state index in [-0.39, 0.29) is 6.10 Å². The lowest BCUT2D eigenvalue weighted by Gasteiger charge is -2.27. The minimum atomic E-state index is -0.375. The number of rotatable bonds is 3. The Morgan fingerprint density at radius 2 is 1.76 bits per heavy atom. The molecule has 0 bridgehead atoms.